The van der Waals surface area contributed by atoms with Crippen LogP contribution in [0.25, 0.3) is 0 Å². The molecule has 2 atom stereocenters. The average molecular weight is 570 g/mol. The Morgan fingerprint density at radius 2 is 1.82 bits per heavy atom. The van der Waals surface area contributed by atoms with E-state index in [1.165, 1.54) is 18.3 Å². The number of hydrogen-bond acceptors (Lipinski definition) is 7. The van der Waals surface area contributed by atoms with Crippen molar-refractivity contribution in [1.29, 1.82) is 0 Å². The number of carbonyl (C=O) groups excluding carboxylic acids is 1. The zero-order chi connectivity index (χ0) is 28.4. The van der Waals surface area contributed by atoms with Crippen molar-refractivity contribution in [1.82, 2.24) is 15.2 Å². The van der Waals surface area contributed by atoms with Gasteiger partial charge in [0, 0.05) is 19.3 Å². The van der Waals surface area contributed by atoms with Gasteiger partial charge in [-0.3, -0.25) is 14.7 Å². The number of pyridine rings is 1. The molecule has 12 heteroatoms. The molecule has 0 saturated heterocycles. The Morgan fingerprint density at radius 1 is 1.15 bits per heavy atom. The van der Waals surface area contributed by atoms with Crippen LogP contribution in [0.5, 0.6) is 0 Å². The van der Waals surface area contributed by atoms with Crippen LogP contribution in [0.2, 0.25) is 0 Å². The second-order valence-electron chi connectivity index (χ2n) is 10.3. The first-order chi connectivity index (χ1) is 18.5. The zero-order valence-corrected chi connectivity index (χ0v) is 22.5. The SMILES string of the molecule is CCS(=O)(=O)c1ccc([C@H](CO)NC(=O)c2cnc3c(c2)CN(C[C@H]2CC[C@H](C(F)(F)F)CC2)[C@@H]3CO)cc1. The summed E-state index contributed by atoms with van der Waals surface area (Å²) in [5.41, 5.74) is 2.22. The highest BCUT2D eigenvalue weighted by Gasteiger charge is 2.42. The molecular weight excluding hydrogens is 535 g/mol. The number of rotatable bonds is 9. The Kier molecular flexibility index (Phi) is 8.99. The third kappa shape index (κ3) is 6.62. The second kappa shape index (κ2) is 11.9. The van der Waals surface area contributed by atoms with Gasteiger partial charge in [-0.25, -0.2) is 8.42 Å². The number of alkyl halides is 3. The summed E-state index contributed by atoms with van der Waals surface area (Å²) in [6.45, 7) is 1.92. The van der Waals surface area contributed by atoms with Gasteiger partial charge in [0.1, 0.15) is 0 Å². The van der Waals surface area contributed by atoms with Gasteiger partial charge in [-0.15, -0.1) is 0 Å². The summed E-state index contributed by atoms with van der Waals surface area (Å²) < 4.78 is 63.2. The van der Waals surface area contributed by atoms with Crippen LogP contribution in [0.3, 0.4) is 0 Å². The number of aliphatic hydroxyl groups excluding tert-OH is 2. The number of amides is 1. The molecule has 2 heterocycles. The van der Waals surface area contributed by atoms with Crippen LogP contribution in [0, 0.1) is 11.8 Å². The van der Waals surface area contributed by atoms with E-state index < -0.39 is 40.5 Å². The molecule has 8 nitrogen and oxygen atoms in total. The number of aliphatic hydroxyl groups is 2. The fraction of sp³-hybridized carbons (Fsp3) is 0.556. The summed E-state index contributed by atoms with van der Waals surface area (Å²) in [7, 11) is -3.37. The molecule has 3 N–H and O–H groups in total. The summed E-state index contributed by atoms with van der Waals surface area (Å²) in [6, 6.07) is 6.52. The van der Waals surface area contributed by atoms with E-state index >= 15 is 0 Å². The number of fused-ring (bicyclic) bond motifs is 1. The highest BCUT2D eigenvalue weighted by atomic mass is 32.2. The largest absolute Gasteiger partial charge is 0.394 e. The quantitative estimate of drug-likeness (QED) is 0.423. The third-order valence-electron chi connectivity index (χ3n) is 7.88. The van der Waals surface area contributed by atoms with Gasteiger partial charge in [0.15, 0.2) is 9.84 Å². The highest BCUT2D eigenvalue weighted by Crippen LogP contribution is 2.41. The van der Waals surface area contributed by atoms with Gasteiger partial charge in [-0.2, -0.15) is 13.2 Å². The van der Waals surface area contributed by atoms with Crippen molar-refractivity contribution < 1.29 is 36.6 Å². The zero-order valence-electron chi connectivity index (χ0n) is 21.7. The predicted octanol–water partition coefficient (Wildman–Crippen LogP) is 3.56. The van der Waals surface area contributed by atoms with E-state index in [0.717, 1.165) is 5.56 Å². The summed E-state index contributed by atoms with van der Waals surface area (Å²) in [5, 5.41) is 22.7. The van der Waals surface area contributed by atoms with Crippen LogP contribution in [-0.4, -0.2) is 66.1 Å². The van der Waals surface area contributed by atoms with Crippen LogP contribution in [0.15, 0.2) is 41.4 Å². The van der Waals surface area contributed by atoms with E-state index in [1.807, 2.05) is 4.90 Å². The molecule has 1 aliphatic heterocycles. The van der Waals surface area contributed by atoms with Gasteiger partial charge in [0.05, 0.1) is 53.1 Å². The maximum atomic E-state index is 13.0. The Bertz CT molecular complexity index is 1260. The van der Waals surface area contributed by atoms with E-state index in [0.29, 0.717) is 37.2 Å². The number of nitrogens with one attached hydrogen (secondary N) is 1. The van der Waals surface area contributed by atoms with Gasteiger partial charge in [0.25, 0.3) is 5.91 Å². The van der Waals surface area contributed by atoms with Crippen LogP contribution >= 0.6 is 0 Å². The molecule has 4 rings (SSSR count). The maximum absolute atomic E-state index is 13.0. The van der Waals surface area contributed by atoms with Gasteiger partial charge < -0.3 is 15.5 Å². The molecule has 0 unspecified atom stereocenters. The first kappa shape index (κ1) is 29.4. The van der Waals surface area contributed by atoms with Crippen LogP contribution < -0.4 is 5.32 Å². The lowest BCUT2D eigenvalue weighted by atomic mass is 9.81. The van der Waals surface area contributed by atoms with Crippen molar-refractivity contribution in [3.8, 4) is 0 Å². The highest BCUT2D eigenvalue weighted by molar-refractivity contribution is 7.91. The fourth-order valence-corrected chi connectivity index (χ4v) is 6.41. The Balaban J connectivity index is 1.41. The smallest absolute Gasteiger partial charge is 0.391 e. The lowest BCUT2D eigenvalue weighted by molar-refractivity contribution is -0.184. The Labute approximate surface area is 226 Å². The maximum Gasteiger partial charge on any atom is 0.391 e. The topological polar surface area (TPSA) is 120 Å². The monoisotopic (exact) mass is 569 g/mol. The minimum atomic E-state index is -4.16. The van der Waals surface area contributed by atoms with Crippen LogP contribution in [-0.2, 0) is 16.4 Å². The molecule has 1 aromatic heterocycles. The predicted molar refractivity (Wildman–Crippen MR) is 137 cm³/mol. The molecule has 214 valence electrons. The minimum Gasteiger partial charge on any atom is -0.394 e. The molecule has 1 fully saturated rings. The molecule has 39 heavy (non-hydrogen) atoms. The molecular formula is C27H34F3N3O5S. The molecule has 1 amide bonds. The van der Waals surface area contributed by atoms with E-state index in [2.05, 4.69) is 10.3 Å². The lowest BCUT2D eigenvalue weighted by Crippen LogP contribution is -2.34. The molecule has 0 spiro atoms. The molecule has 0 radical (unpaired) electrons. The molecule has 0 bridgehead atoms. The standard InChI is InChI=1S/C27H34F3N3O5S/c1-2-39(37,38)22-9-5-18(6-10-22)23(15-34)32-26(36)19-11-20-14-33(24(16-35)25(20)31-12-19)13-17-3-7-21(8-4-17)27(28,29)30/h5-6,9-12,17,21,23-24,34-35H,2-4,7-8,13-16H2,1H3,(H,32,36)/t17-,21-,23-,24+/m0/s1. The molecule has 2 aliphatic rings. The van der Waals surface area contributed by atoms with Gasteiger partial charge in [-0.1, -0.05) is 19.1 Å². The van der Waals surface area contributed by atoms with Crippen molar-refractivity contribution in [3.63, 3.8) is 0 Å². The summed E-state index contributed by atoms with van der Waals surface area (Å²) in [6.07, 6.45) is -1.57. The van der Waals surface area contributed by atoms with Crippen molar-refractivity contribution in [2.24, 2.45) is 11.8 Å². The molecule has 2 aromatic rings. The number of halogens is 3. The first-order valence-corrected chi connectivity index (χ1v) is 14.8. The van der Waals surface area contributed by atoms with Crippen molar-refractivity contribution >= 4 is 15.7 Å². The first-order valence-electron chi connectivity index (χ1n) is 13.1. The molecule has 1 aliphatic carbocycles. The average Bonchev–Trinajstić information content (AvgIpc) is 3.27. The Morgan fingerprint density at radius 3 is 2.38 bits per heavy atom. The third-order valence-corrected chi connectivity index (χ3v) is 9.63. The lowest BCUT2D eigenvalue weighted by Gasteiger charge is -2.33. The summed E-state index contributed by atoms with van der Waals surface area (Å²) in [4.78, 5) is 19.6. The number of aromatic nitrogens is 1. The number of hydrogen-bond donors (Lipinski definition) is 3. The van der Waals surface area contributed by atoms with Gasteiger partial charge in [0.2, 0.25) is 0 Å². The number of sulfone groups is 1. The Hall–Kier alpha value is -2.54. The second-order valence-corrected chi connectivity index (χ2v) is 12.6. The minimum absolute atomic E-state index is 0.0361. The summed E-state index contributed by atoms with van der Waals surface area (Å²) in [5.74, 6) is -1.66. The van der Waals surface area contributed by atoms with E-state index in [9.17, 15) is 36.6 Å². The number of carbonyl (C=O) groups is 1. The van der Waals surface area contributed by atoms with E-state index in [4.69, 9.17) is 0 Å². The van der Waals surface area contributed by atoms with Crippen LogP contribution in [0.1, 0.15) is 71.9 Å². The van der Waals surface area contributed by atoms with Crippen molar-refractivity contribution in [3.05, 3.63) is 58.9 Å². The van der Waals surface area contributed by atoms with Gasteiger partial charge in [-0.05, 0) is 60.9 Å². The van der Waals surface area contributed by atoms with Gasteiger partial charge >= 0.3 is 6.18 Å². The van der Waals surface area contributed by atoms with E-state index in [-0.39, 0.29) is 47.6 Å². The van der Waals surface area contributed by atoms with Crippen molar-refractivity contribution in [2.45, 2.75) is 62.3 Å². The summed E-state index contributed by atoms with van der Waals surface area (Å²) >= 11 is 0. The van der Waals surface area contributed by atoms with Crippen LogP contribution in [0.4, 0.5) is 13.2 Å². The number of nitrogens with zero attached hydrogens (tertiary/aromatic N) is 2. The normalized spacial score (nSPS) is 22.9. The fourth-order valence-electron chi connectivity index (χ4n) is 5.52. The van der Waals surface area contributed by atoms with Crippen molar-refractivity contribution in [2.75, 3.05) is 25.5 Å². The number of benzene rings is 1. The molecule has 1 saturated carbocycles. The van der Waals surface area contributed by atoms with E-state index in [1.54, 1.807) is 25.1 Å². The molecule has 1 aromatic carbocycles.